The minimum absolute atomic E-state index is 0.00461. The molecule has 0 bridgehead atoms. The van der Waals surface area contributed by atoms with E-state index in [1.807, 2.05) is 37.3 Å². The van der Waals surface area contributed by atoms with E-state index in [-0.39, 0.29) is 5.91 Å². The van der Waals surface area contributed by atoms with Gasteiger partial charge >= 0.3 is 0 Å². The molecule has 1 saturated heterocycles. The van der Waals surface area contributed by atoms with Gasteiger partial charge in [-0.3, -0.25) is 9.69 Å². The number of piperazine rings is 1. The Bertz CT molecular complexity index is 668. The first-order valence-electron chi connectivity index (χ1n) is 8.31. The van der Waals surface area contributed by atoms with Gasteiger partial charge in [0.25, 0.3) is 5.91 Å². The van der Waals surface area contributed by atoms with Crippen molar-refractivity contribution in [3.63, 3.8) is 0 Å². The Kier molecular flexibility index (Phi) is 5.38. The maximum Gasteiger partial charge on any atom is 0.251 e. The van der Waals surface area contributed by atoms with E-state index < -0.39 is 0 Å². The number of carbonyl (C=O) groups excluding carboxylic acids is 1. The molecule has 2 heterocycles. The fourth-order valence-electron chi connectivity index (χ4n) is 2.84. The second-order valence-electron chi connectivity index (χ2n) is 6.00. The number of amides is 1. The molecular weight excluding hydrogens is 302 g/mol. The molecule has 1 aromatic heterocycles. The molecule has 1 N–H and O–H groups in total. The maximum absolute atomic E-state index is 12.1. The van der Waals surface area contributed by atoms with Crippen LogP contribution in [0.4, 0.5) is 5.95 Å². The van der Waals surface area contributed by atoms with Gasteiger partial charge < -0.3 is 10.2 Å². The third-order valence-corrected chi connectivity index (χ3v) is 4.20. The van der Waals surface area contributed by atoms with E-state index in [1.165, 1.54) is 0 Å². The van der Waals surface area contributed by atoms with E-state index in [2.05, 4.69) is 25.1 Å². The van der Waals surface area contributed by atoms with Gasteiger partial charge in [-0.25, -0.2) is 9.97 Å². The minimum atomic E-state index is -0.00461. The zero-order chi connectivity index (χ0) is 16.8. The Morgan fingerprint density at radius 1 is 1.12 bits per heavy atom. The van der Waals surface area contributed by atoms with Gasteiger partial charge in [0.15, 0.2) is 0 Å². The van der Waals surface area contributed by atoms with Crippen molar-refractivity contribution < 1.29 is 4.79 Å². The topological polar surface area (TPSA) is 61.4 Å². The molecule has 1 aliphatic rings. The van der Waals surface area contributed by atoms with Crippen molar-refractivity contribution in [1.82, 2.24) is 20.2 Å². The molecule has 0 radical (unpaired) electrons. The van der Waals surface area contributed by atoms with Crippen LogP contribution in [0.25, 0.3) is 0 Å². The fraction of sp³-hybridized carbons (Fsp3) is 0.389. The summed E-state index contributed by atoms with van der Waals surface area (Å²) in [4.78, 5) is 25.3. The number of aryl methyl sites for hydroxylation is 1. The number of benzene rings is 1. The van der Waals surface area contributed by atoms with Crippen LogP contribution in [-0.4, -0.2) is 60.0 Å². The van der Waals surface area contributed by atoms with Gasteiger partial charge in [0.1, 0.15) is 0 Å². The molecule has 1 aliphatic heterocycles. The molecule has 1 fully saturated rings. The first kappa shape index (κ1) is 16.4. The van der Waals surface area contributed by atoms with Crippen LogP contribution in [0, 0.1) is 6.92 Å². The monoisotopic (exact) mass is 325 g/mol. The molecule has 3 rings (SSSR count). The summed E-state index contributed by atoms with van der Waals surface area (Å²) in [6.07, 6.45) is 3.55. The van der Waals surface area contributed by atoms with E-state index in [4.69, 9.17) is 0 Å². The fourth-order valence-corrected chi connectivity index (χ4v) is 2.84. The smallest absolute Gasteiger partial charge is 0.251 e. The van der Waals surface area contributed by atoms with E-state index in [1.54, 1.807) is 12.4 Å². The summed E-state index contributed by atoms with van der Waals surface area (Å²) >= 11 is 0. The van der Waals surface area contributed by atoms with Crippen molar-refractivity contribution in [1.29, 1.82) is 0 Å². The summed E-state index contributed by atoms with van der Waals surface area (Å²) < 4.78 is 0. The zero-order valence-corrected chi connectivity index (χ0v) is 14.0. The normalized spacial score (nSPS) is 15.3. The molecule has 24 heavy (non-hydrogen) atoms. The average Bonchev–Trinajstić information content (AvgIpc) is 2.63. The quantitative estimate of drug-likeness (QED) is 0.899. The molecule has 2 aromatic rings. The van der Waals surface area contributed by atoms with Crippen LogP contribution in [0.5, 0.6) is 0 Å². The van der Waals surface area contributed by atoms with Crippen LogP contribution in [-0.2, 0) is 0 Å². The van der Waals surface area contributed by atoms with Crippen LogP contribution in [0.15, 0.2) is 42.7 Å². The molecule has 1 amide bonds. The first-order chi connectivity index (χ1) is 11.7. The number of hydrogen-bond donors (Lipinski definition) is 1. The zero-order valence-electron chi connectivity index (χ0n) is 14.0. The Hall–Kier alpha value is -2.47. The number of rotatable bonds is 5. The summed E-state index contributed by atoms with van der Waals surface area (Å²) in [5.41, 5.74) is 1.82. The first-order valence-corrected chi connectivity index (χ1v) is 8.31. The molecular formula is C18H23N5O. The van der Waals surface area contributed by atoms with Crippen molar-refractivity contribution in [3.05, 3.63) is 53.9 Å². The lowest BCUT2D eigenvalue weighted by atomic mass is 10.1. The van der Waals surface area contributed by atoms with Crippen molar-refractivity contribution in [2.24, 2.45) is 0 Å². The van der Waals surface area contributed by atoms with Crippen molar-refractivity contribution in [3.8, 4) is 0 Å². The van der Waals surface area contributed by atoms with Crippen LogP contribution >= 0.6 is 0 Å². The largest absolute Gasteiger partial charge is 0.351 e. The number of nitrogens with zero attached hydrogens (tertiary/aromatic N) is 4. The molecule has 126 valence electrons. The molecule has 0 unspecified atom stereocenters. The molecule has 6 heteroatoms. The van der Waals surface area contributed by atoms with E-state index in [9.17, 15) is 4.79 Å². The summed E-state index contributed by atoms with van der Waals surface area (Å²) in [5, 5.41) is 3.00. The lowest BCUT2D eigenvalue weighted by Gasteiger charge is -2.34. The van der Waals surface area contributed by atoms with Gasteiger partial charge in [-0.15, -0.1) is 0 Å². The molecule has 0 atom stereocenters. The van der Waals surface area contributed by atoms with Gasteiger partial charge in [0.05, 0.1) is 0 Å². The van der Waals surface area contributed by atoms with Crippen molar-refractivity contribution in [2.75, 3.05) is 44.2 Å². The Labute approximate surface area is 142 Å². The van der Waals surface area contributed by atoms with Crippen LogP contribution in [0.2, 0.25) is 0 Å². The highest BCUT2D eigenvalue weighted by atomic mass is 16.1. The van der Waals surface area contributed by atoms with Gasteiger partial charge in [-0.1, -0.05) is 17.7 Å². The number of hydrogen-bond acceptors (Lipinski definition) is 5. The summed E-state index contributed by atoms with van der Waals surface area (Å²) in [6.45, 7) is 7.26. The van der Waals surface area contributed by atoms with Gasteiger partial charge in [-0.2, -0.15) is 0 Å². The van der Waals surface area contributed by atoms with E-state index in [0.29, 0.717) is 6.54 Å². The standard InChI is InChI=1S/C18H23N5O/c1-15-4-2-5-16(14-15)17(24)19-8-9-22-10-12-23(13-11-22)18-20-6-3-7-21-18/h2-7,14H,8-13H2,1H3,(H,19,24). The molecule has 0 aliphatic carbocycles. The van der Waals surface area contributed by atoms with Crippen LogP contribution < -0.4 is 10.2 Å². The maximum atomic E-state index is 12.1. The summed E-state index contributed by atoms with van der Waals surface area (Å²) in [5.74, 6) is 0.792. The SMILES string of the molecule is Cc1cccc(C(=O)NCCN2CCN(c3ncccn3)CC2)c1. The Morgan fingerprint density at radius 2 is 1.88 bits per heavy atom. The highest BCUT2D eigenvalue weighted by molar-refractivity contribution is 5.94. The van der Waals surface area contributed by atoms with E-state index >= 15 is 0 Å². The lowest BCUT2D eigenvalue weighted by molar-refractivity contribution is 0.0947. The predicted octanol–water partition coefficient (Wildman–Crippen LogP) is 1.34. The molecule has 0 saturated carbocycles. The average molecular weight is 325 g/mol. The number of aromatic nitrogens is 2. The second-order valence-corrected chi connectivity index (χ2v) is 6.00. The third kappa shape index (κ3) is 4.29. The molecule has 1 aromatic carbocycles. The minimum Gasteiger partial charge on any atom is -0.351 e. The van der Waals surface area contributed by atoms with Gasteiger partial charge in [0, 0.05) is 57.2 Å². The molecule has 6 nitrogen and oxygen atoms in total. The highest BCUT2D eigenvalue weighted by Gasteiger charge is 2.18. The Balaban J connectivity index is 1.40. The lowest BCUT2D eigenvalue weighted by Crippen LogP contribution is -2.49. The van der Waals surface area contributed by atoms with Gasteiger partial charge in [0.2, 0.25) is 5.95 Å². The Morgan fingerprint density at radius 3 is 2.58 bits per heavy atom. The number of nitrogens with one attached hydrogen (secondary N) is 1. The third-order valence-electron chi connectivity index (χ3n) is 4.20. The second kappa shape index (κ2) is 7.88. The van der Waals surface area contributed by atoms with Crippen molar-refractivity contribution in [2.45, 2.75) is 6.92 Å². The predicted molar refractivity (Wildman–Crippen MR) is 94.2 cm³/mol. The van der Waals surface area contributed by atoms with Gasteiger partial charge in [-0.05, 0) is 25.1 Å². The number of carbonyl (C=O) groups is 1. The highest BCUT2D eigenvalue weighted by Crippen LogP contribution is 2.09. The summed E-state index contributed by atoms with van der Waals surface area (Å²) in [7, 11) is 0. The molecule has 0 spiro atoms. The number of anilines is 1. The van der Waals surface area contributed by atoms with Crippen molar-refractivity contribution >= 4 is 11.9 Å². The van der Waals surface area contributed by atoms with Crippen LogP contribution in [0.1, 0.15) is 15.9 Å². The van der Waals surface area contributed by atoms with Crippen LogP contribution in [0.3, 0.4) is 0 Å². The van der Waals surface area contributed by atoms with E-state index in [0.717, 1.165) is 49.8 Å². The summed E-state index contributed by atoms with van der Waals surface area (Å²) in [6, 6.07) is 9.49.